The van der Waals surface area contributed by atoms with Crippen molar-refractivity contribution >= 4 is 118 Å². The fraction of sp³-hybridized carbons (Fsp3) is 0.190. The predicted octanol–water partition coefficient (Wildman–Crippen LogP) is 22.0. The molecule has 11 aromatic carbocycles. The Labute approximate surface area is 536 Å². The largest absolute Gasteiger partial charge is 0.311 e. The molecule has 442 valence electrons. The third-order valence-corrected chi connectivity index (χ3v) is 20.4. The molecule has 90 heavy (non-hydrogen) atoms. The second kappa shape index (κ2) is 21.1. The Balaban J connectivity index is 1.01. The number of anilines is 9. The van der Waals surface area contributed by atoms with Gasteiger partial charge in [0.15, 0.2) is 0 Å². The van der Waals surface area contributed by atoms with E-state index < -0.39 is 0 Å². The Morgan fingerprint density at radius 2 is 0.933 bits per heavy atom. The molecule has 0 N–H and O–H groups in total. The first-order chi connectivity index (χ1) is 43.2. The quantitative estimate of drug-likeness (QED) is 0.141. The zero-order valence-electron chi connectivity index (χ0n) is 54.2. The molecule has 0 aliphatic carbocycles. The van der Waals surface area contributed by atoms with Gasteiger partial charge >= 0.3 is 0 Å². The fourth-order valence-electron chi connectivity index (χ4n) is 14.7. The molecule has 2 aliphatic rings. The molecule has 0 saturated heterocycles. The highest BCUT2D eigenvalue weighted by atomic mass is 32.1. The van der Waals surface area contributed by atoms with Gasteiger partial charge < -0.3 is 19.3 Å². The first-order valence-electron chi connectivity index (χ1n) is 32.0. The maximum atomic E-state index is 2.66. The van der Waals surface area contributed by atoms with Crippen molar-refractivity contribution in [1.82, 2.24) is 4.57 Å². The maximum Gasteiger partial charge on any atom is 0.252 e. The van der Waals surface area contributed by atoms with Crippen molar-refractivity contribution in [2.24, 2.45) is 0 Å². The molecule has 0 fully saturated rings. The van der Waals surface area contributed by atoms with Gasteiger partial charge in [0.1, 0.15) is 0 Å². The third-order valence-electron chi connectivity index (χ3n) is 19.2. The number of benzene rings is 11. The molecule has 0 atom stereocenters. The molecule has 4 nitrogen and oxygen atoms in total. The van der Waals surface area contributed by atoms with Crippen LogP contribution in [-0.4, -0.2) is 11.3 Å². The van der Waals surface area contributed by atoms with Gasteiger partial charge in [0.25, 0.3) is 6.71 Å². The number of hydrogen-bond donors (Lipinski definition) is 0. The van der Waals surface area contributed by atoms with Gasteiger partial charge in [0.2, 0.25) is 0 Å². The lowest BCUT2D eigenvalue weighted by Crippen LogP contribution is -2.61. The van der Waals surface area contributed by atoms with E-state index in [9.17, 15) is 0 Å². The van der Waals surface area contributed by atoms with Gasteiger partial charge in [-0.15, -0.1) is 11.3 Å². The molecule has 2 aromatic heterocycles. The highest BCUT2D eigenvalue weighted by Crippen LogP contribution is 2.52. The summed E-state index contributed by atoms with van der Waals surface area (Å²) in [5.74, 6) is 0. The Hall–Kier alpha value is -9.36. The van der Waals surface area contributed by atoms with E-state index in [2.05, 4.69) is 340 Å². The summed E-state index contributed by atoms with van der Waals surface area (Å²) in [7, 11) is 0. The van der Waals surface area contributed by atoms with Crippen LogP contribution in [0.25, 0.3) is 59.1 Å². The Morgan fingerprint density at radius 1 is 0.389 bits per heavy atom. The SMILES string of the molecule is Cc1cc2c3c(c1)N(c1c(C)cc(-c4sc5ccccc5c4-c4ccccc4)cc1C)c1cc(N(c4ccc5c6ccccc6n(-c6ccccc6)c5c4)c4ccc(C(C)(C)C)cc4C)ccc1B3c1ccc(C(C)(C)C)cc1N2c1ccc(C(C)(C)C)cc1. The molecule has 13 aromatic rings. The van der Waals surface area contributed by atoms with E-state index in [1.165, 1.54) is 132 Å². The van der Waals surface area contributed by atoms with Crippen LogP contribution in [0.3, 0.4) is 0 Å². The number of nitrogens with zero attached hydrogens (tertiary/aromatic N) is 4. The molecule has 0 amide bonds. The summed E-state index contributed by atoms with van der Waals surface area (Å²) in [5, 5.41) is 3.75. The second-order valence-corrected chi connectivity index (χ2v) is 29.5. The third kappa shape index (κ3) is 9.40. The van der Waals surface area contributed by atoms with E-state index >= 15 is 0 Å². The molecular formula is C84H77BN4S. The number of aromatic nitrogens is 1. The fourth-order valence-corrected chi connectivity index (χ4v) is 15.9. The van der Waals surface area contributed by atoms with Crippen LogP contribution in [0, 0.1) is 27.7 Å². The molecule has 0 bridgehead atoms. The van der Waals surface area contributed by atoms with Gasteiger partial charge in [-0.25, -0.2) is 0 Å². The Bertz CT molecular complexity index is 4990. The monoisotopic (exact) mass is 1180 g/mol. The number of thiophene rings is 1. The Kier molecular flexibility index (Phi) is 13.4. The van der Waals surface area contributed by atoms with E-state index in [4.69, 9.17) is 0 Å². The van der Waals surface area contributed by atoms with Crippen molar-refractivity contribution in [2.45, 2.75) is 106 Å². The highest BCUT2D eigenvalue weighted by molar-refractivity contribution is 7.23. The van der Waals surface area contributed by atoms with Crippen LogP contribution in [0.2, 0.25) is 0 Å². The van der Waals surface area contributed by atoms with Crippen LogP contribution in [-0.2, 0) is 16.2 Å². The number of hydrogen-bond acceptors (Lipinski definition) is 4. The second-order valence-electron chi connectivity index (χ2n) is 28.5. The van der Waals surface area contributed by atoms with E-state index in [1.807, 2.05) is 11.3 Å². The Morgan fingerprint density at radius 3 is 1.61 bits per heavy atom. The van der Waals surface area contributed by atoms with Crippen molar-refractivity contribution < 1.29 is 0 Å². The van der Waals surface area contributed by atoms with Gasteiger partial charge in [-0.3, -0.25) is 0 Å². The minimum Gasteiger partial charge on any atom is -0.311 e. The van der Waals surface area contributed by atoms with Gasteiger partial charge in [0.05, 0.1) is 16.7 Å². The molecule has 2 aliphatic heterocycles. The van der Waals surface area contributed by atoms with Crippen molar-refractivity contribution in [3.63, 3.8) is 0 Å². The summed E-state index contributed by atoms with van der Waals surface area (Å²) in [4.78, 5) is 9.08. The summed E-state index contributed by atoms with van der Waals surface area (Å²) < 4.78 is 3.74. The molecular weight excluding hydrogens is 1110 g/mol. The van der Waals surface area contributed by atoms with Crippen LogP contribution in [0.5, 0.6) is 0 Å². The summed E-state index contributed by atoms with van der Waals surface area (Å²) >= 11 is 1.90. The van der Waals surface area contributed by atoms with Crippen molar-refractivity contribution in [2.75, 3.05) is 14.7 Å². The zero-order chi connectivity index (χ0) is 62.3. The molecule has 4 heterocycles. The van der Waals surface area contributed by atoms with E-state index in [1.54, 1.807) is 0 Å². The number of para-hydroxylation sites is 2. The van der Waals surface area contributed by atoms with Crippen LogP contribution >= 0.6 is 11.3 Å². The van der Waals surface area contributed by atoms with Crippen LogP contribution < -0.4 is 31.1 Å². The minimum atomic E-state index is -0.0743. The van der Waals surface area contributed by atoms with Crippen molar-refractivity contribution in [3.8, 4) is 27.3 Å². The predicted molar refractivity (Wildman–Crippen MR) is 391 cm³/mol. The summed E-state index contributed by atoms with van der Waals surface area (Å²) in [6.07, 6.45) is 0. The highest BCUT2D eigenvalue weighted by Gasteiger charge is 2.45. The molecule has 6 heteroatoms. The van der Waals surface area contributed by atoms with Crippen molar-refractivity contribution in [1.29, 1.82) is 0 Å². The minimum absolute atomic E-state index is 0.0127. The molecule has 0 spiro atoms. The topological polar surface area (TPSA) is 14.7 Å². The first-order valence-corrected chi connectivity index (χ1v) is 32.8. The van der Waals surface area contributed by atoms with Gasteiger partial charge in [0, 0.05) is 82.5 Å². The average Bonchev–Trinajstić information content (AvgIpc) is 1.51. The standard InChI is InChI=1S/C84H77BN4S/c1-52-44-75-79-76(45-52)89(80-54(3)46-57(47-55(80)4)81-78(56-24-16-14-17-25-56)67-29-21-23-31-77(67)90-81)74-51-64(39-42-69(74)85(79)68-41-34-60(84(11,12)13)49-73(68)88(75)62-36-32-58(33-37-62)82(5,6)7)86(70-43-35-59(48-53(70)2)83(8,9)10)63-38-40-66-65-28-20-22-30-71(65)87(72(66)50-63)61-26-18-15-19-27-61/h14-51H,1-13H3. The molecule has 15 rings (SSSR count). The lowest BCUT2D eigenvalue weighted by atomic mass is 9.33. The van der Waals surface area contributed by atoms with E-state index in [-0.39, 0.29) is 23.0 Å². The number of aryl methyl sites for hydroxylation is 4. The van der Waals surface area contributed by atoms with Gasteiger partial charge in [-0.1, -0.05) is 196 Å². The zero-order valence-corrected chi connectivity index (χ0v) is 55.0. The van der Waals surface area contributed by atoms with Gasteiger partial charge in [-0.05, 0) is 207 Å². The first kappa shape index (κ1) is 57.1. The van der Waals surface area contributed by atoms with E-state index in [0.29, 0.717) is 0 Å². The normalized spacial score (nSPS) is 13.1. The lowest BCUT2D eigenvalue weighted by Gasteiger charge is -2.45. The smallest absolute Gasteiger partial charge is 0.252 e. The van der Waals surface area contributed by atoms with Crippen LogP contribution in [0.1, 0.15) is 101 Å². The number of rotatable bonds is 8. The average molecular weight is 1190 g/mol. The summed E-state index contributed by atoms with van der Waals surface area (Å²) in [6, 6.07) is 87.9. The summed E-state index contributed by atoms with van der Waals surface area (Å²) in [5.41, 5.74) is 30.4. The molecule has 0 unspecified atom stereocenters. The maximum absolute atomic E-state index is 2.66. The van der Waals surface area contributed by atoms with Gasteiger partial charge in [-0.2, -0.15) is 0 Å². The molecule has 0 radical (unpaired) electrons. The molecule has 0 saturated carbocycles. The van der Waals surface area contributed by atoms with E-state index in [0.717, 1.165) is 34.0 Å². The van der Waals surface area contributed by atoms with Crippen LogP contribution in [0.4, 0.5) is 51.2 Å². The van der Waals surface area contributed by atoms with Crippen LogP contribution in [0.15, 0.2) is 231 Å². The lowest BCUT2D eigenvalue weighted by molar-refractivity contribution is 0.589. The number of fused-ring (bicyclic) bond motifs is 8. The van der Waals surface area contributed by atoms with Crippen molar-refractivity contribution in [3.05, 3.63) is 269 Å². The summed E-state index contributed by atoms with van der Waals surface area (Å²) in [6.45, 7) is 30.1.